The number of carbonyl (C=O) groups is 2. The Morgan fingerprint density at radius 1 is 1.00 bits per heavy atom. The van der Waals surface area contributed by atoms with Gasteiger partial charge in [0, 0.05) is 24.2 Å². The fourth-order valence-electron chi connectivity index (χ4n) is 2.15. The minimum Gasteiger partial charge on any atom is -0.300 e. The van der Waals surface area contributed by atoms with Crippen LogP contribution in [0.2, 0.25) is 0 Å². The third-order valence-corrected chi connectivity index (χ3v) is 3.42. The number of carbonyl (C=O) groups excluding carboxylic acids is 2. The van der Waals surface area contributed by atoms with E-state index in [1.807, 2.05) is 0 Å². The van der Waals surface area contributed by atoms with Crippen LogP contribution in [0, 0.1) is 10.1 Å². The highest BCUT2D eigenvalue weighted by Crippen LogP contribution is 2.12. The Kier molecular flexibility index (Phi) is 10.8. The van der Waals surface area contributed by atoms with Gasteiger partial charge in [0.2, 0.25) is 5.78 Å². The molecule has 0 saturated carbocycles. The molecule has 0 aliphatic heterocycles. The van der Waals surface area contributed by atoms with E-state index in [4.69, 9.17) is 0 Å². The Hall–Kier alpha value is -1.26. The highest BCUT2D eigenvalue weighted by Gasteiger charge is 2.28. The van der Waals surface area contributed by atoms with Gasteiger partial charge in [0.05, 0.1) is 0 Å². The molecule has 0 radical (unpaired) electrons. The fourth-order valence-corrected chi connectivity index (χ4v) is 2.15. The molecule has 0 rings (SSSR count). The number of hydrogen-bond donors (Lipinski definition) is 0. The minimum atomic E-state index is -1.20. The monoisotopic (exact) mass is 285 g/mol. The highest BCUT2D eigenvalue weighted by atomic mass is 16.6. The van der Waals surface area contributed by atoms with Gasteiger partial charge in [-0.25, -0.2) is 0 Å². The van der Waals surface area contributed by atoms with Crippen molar-refractivity contribution in [1.29, 1.82) is 0 Å². The first kappa shape index (κ1) is 18.7. The summed E-state index contributed by atoms with van der Waals surface area (Å²) in [5.41, 5.74) is 0. The molecule has 116 valence electrons. The second-order valence-corrected chi connectivity index (χ2v) is 5.38. The molecule has 0 aliphatic rings. The number of nitro groups is 1. The van der Waals surface area contributed by atoms with Crippen molar-refractivity contribution in [3.8, 4) is 0 Å². The van der Waals surface area contributed by atoms with Crippen molar-refractivity contribution in [3.63, 3.8) is 0 Å². The lowest BCUT2D eigenvalue weighted by Crippen LogP contribution is -2.30. The van der Waals surface area contributed by atoms with Gasteiger partial charge in [-0.2, -0.15) is 0 Å². The van der Waals surface area contributed by atoms with E-state index in [0.29, 0.717) is 0 Å². The van der Waals surface area contributed by atoms with Crippen molar-refractivity contribution in [2.45, 2.75) is 84.1 Å². The summed E-state index contributed by atoms with van der Waals surface area (Å²) in [6, 6.07) is -1.20. The maximum Gasteiger partial charge on any atom is 0.270 e. The summed E-state index contributed by atoms with van der Waals surface area (Å²) >= 11 is 0. The first-order chi connectivity index (χ1) is 9.49. The van der Waals surface area contributed by atoms with Crippen LogP contribution in [0.4, 0.5) is 0 Å². The summed E-state index contributed by atoms with van der Waals surface area (Å²) in [5.74, 6) is -0.439. The SMILES string of the molecule is CCCCCCCCCC(=O)C(CCC(C)=O)[N+](=O)[O-]. The van der Waals surface area contributed by atoms with Gasteiger partial charge in [-0.05, 0) is 13.3 Å². The molecule has 0 aromatic heterocycles. The molecule has 0 amide bonds. The Morgan fingerprint density at radius 2 is 1.55 bits per heavy atom. The number of ketones is 2. The number of Topliss-reactive ketones (excluding diaryl/α,β-unsaturated/α-hetero) is 2. The average molecular weight is 285 g/mol. The van der Waals surface area contributed by atoms with Gasteiger partial charge in [0.15, 0.2) is 0 Å². The Labute approximate surface area is 121 Å². The molecular weight excluding hydrogens is 258 g/mol. The molecule has 0 heterocycles. The molecule has 0 saturated heterocycles. The number of nitrogens with zero attached hydrogens (tertiary/aromatic N) is 1. The molecule has 5 heteroatoms. The van der Waals surface area contributed by atoms with Crippen LogP contribution in [0.1, 0.15) is 78.1 Å². The van der Waals surface area contributed by atoms with Crippen molar-refractivity contribution in [2.24, 2.45) is 0 Å². The average Bonchev–Trinajstić information content (AvgIpc) is 2.37. The van der Waals surface area contributed by atoms with Crippen LogP contribution >= 0.6 is 0 Å². The second-order valence-electron chi connectivity index (χ2n) is 5.38. The quantitative estimate of drug-likeness (QED) is 0.293. The van der Waals surface area contributed by atoms with Crippen LogP contribution < -0.4 is 0 Å². The van der Waals surface area contributed by atoms with Crippen LogP contribution in [-0.2, 0) is 9.59 Å². The molecule has 20 heavy (non-hydrogen) atoms. The van der Waals surface area contributed by atoms with Crippen molar-refractivity contribution >= 4 is 11.6 Å². The summed E-state index contributed by atoms with van der Waals surface area (Å²) in [5, 5.41) is 10.8. The molecule has 1 unspecified atom stereocenters. The smallest absolute Gasteiger partial charge is 0.270 e. The lowest BCUT2D eigenvalue weighted by atomic mass is 10.0. The van der Waals surface area contributed by atoms with E-state index in [1.165, 1.54) is 32.6 Å². The lowest BCUT2D eigenvalue weighted by molar-refractivity contribution is -0.508. The summed E-state index contributed by atoms with van der Waals surface area (Å²) in [6.07, 6.45) is 8.01. The molecule has 1 atom stereocenters. The third kappa shape index (κ3) is 9.64. The first-order valence-corrected chi connectivity index (χ1v) is 7.64. The fraction of sp³-hybridized carbons (Fsp3) is 0.867. The molecule has 0 spiro atoms. The molecule has 0 bridgehead atoms. The second kappa shape index (κ2) is 11.6. The van der Waals surface area contributed by atoms with E-state index >= 15 is 0 Å². The van der Waals surface area contributed by atoms with E-state index in [-0.39, 0.29) is 30.8 Å². The third-order valence-electron chi connectivity index (χ3n) is 3.42. The van der Waals surface area contributed by atoms with Gasteiger partial charge in [0.25, 0.3) is 6.04 Å². The molecular formula is C15H27NO4. The number of unbranched alkanes of at least 4 members (excludes halogenated alkanes) is 6. The van der Waals surface area contributed by atoms with Crippen molar-refractivity contribution in [1.82, 2.24) is 0 Å². The largest absolute Gasteiger partial charge is 0.300 e. The summed E-state index contributed by atoms with van der Waals surface area (Å²) in [7, 11) is 0. The van der Waals surface area contributed by atoms with Gasteiger partial charge >= 0.3 is 0 Å². The Bertz CT molecular complexity index is 315. The van der Waals surface area contributed by atoms with Crippen LogP contribution in [0.15, 0.2) is 0 Å². The zero-order chi connectivity index (χ0) is 15.4. The summed E-state index contributed by atoms with van der Waals surface area (Å²) < 4.78 is 0. The van der Waals surface area contributed by atoms with Gasteiger partial charge in [-0.1, -0.05) is 45.4 Å². The van der Waals surface area contributed by atoms with Crippen LogP contribution in [0.25, 0.3) is 0 Å². The van der Waals surface area contributed by atoms with Crippen molar-refractivity contribution < 1.29 is 14.5 Å². The van der Waals surface area contributed by atoms with Crippen LogP contribution in [0.5, 0.6) is 0 Å². The van der Waals surface area contributed by atoms with Gasteiger partial charge in [-0.15, -0.1) is 0 Å². The molecule has 0 fully saturated rings. The van der Waals surface area contributed by atoms with E-state index in [9.17, 15) is 19.7 Å². The van der Waals surface area contributed by atoms with Crippen LogP contribution in [0.3, 0.4) is 0 Å². The summed E-state index contributed by atoms with van der Waals surface area (Å²) in [4.78, 5) is 32.9. The van der Waals surface area contributed by atoms with E-state index in [1.54, 1.807) is 0 Å². The van der Waals surface area contributed by atoms with Gasteiger partial charge in [0.1, 0.15) is 5.78 Å². The topological polar surface area (TPSA) is 77.3 Å². The van der Waals surface area contributed by atoms with Gasteiger partial charge < -0.3 is 4.79 Å². The maximum absolute atomic E-state index is 11.8. The van der Waals surface area contributed by atoms with E-state index in [2.05, 4.69) is 6.92 Å². The van der Waals surface area contributed by atoms with Crippen LogP contribution in [-0.4, -0.2) is 22.5 Å². The van der Waals surface area contributed by atoms with E-state index < -0.39 is 11.0 Å². The first-order valence-electron chi connectivity index (χ1n) is 7.64. The van der Waals surface area contributed by atoms with Gasteiger partial charge in [-0.3, -0.25) is 14.9 Å². The predicted octanol–water partition coefficient (Wildman–Crippen LogP) is 3.71. The molecule has 0 aromatic rings. The molecule has 5 nitrogen and oxygen atoms in total. The molecule has 0 N–H and O–H groups in total. The van der Waals surface area contributed by atoms with E-state index in [0.717, 1.165) is 19.3 Å². The zero-order valence-electron chi connectivity index (χ0n) is 12.7. The van der Waals surface area contributed by atoms with Crippen molar-refractivity contribution in [3.05, 3.63) is 10.1 Å². The normalized spacial score (nSPS) is 12.1. The van der Waals surface area contributed by atoms with Crippen molar-refractivity contribution in [2.75, 3.05) is 0 Å². The Morgan fingerprint density at radius 3 is 2.05 bits per heavy atom. The molecule has 0 aromatic carbocycles. The number of hydrogen-bond acceptors (Lipinski definition) is 4. The predicted molar refractivity (Wildman–Crippen MR) is 78.3 cm³/mol. The zero-order valence-corrected chi connectivity index (χ0v) is 12.7. The maximum atomic E-state index is 11.8. The standard InChI is InChI=1S/C15H27NO4/c1-3-4-5-6-7-8-9-10-15(18)14(16(19)20)12-11-13(2)17/h14H,3-12H2,1-2H3. The molecule has 0 aliphatic carbocycles. The lowest BCUT2D eigenvalue weighted by Gasteiger charge is -2.07. The summed E-state index contributed by atoms with van der Waals surface area (Å²) in [6.45, 7) is 3.55. The minimum absolute atomic E-state index is 0.0394. The Balaban J connectivity index is 3.84. The highest BCUT2D eigenvalue weighted by molar-refractivity contribution is 5.83. The number of rotatable bonds is 13.